The summed E-state index contributed by atoms with van der Waals surface area (Å²) in [4.78, 5) is 2.41. The molecule has 0 radical (unpaired) electrons. The Hall–Kier alpha value is -8.00. The van der Waals surface area contributed by atoms with Crippen LogP contribution in [0.3, 0.4) is 0 Å². The van der Waals surface area contributed by atoms with E-state index in [4.69, 9.17) is 0 Å². The maximum atomic E-state index is 2.43. The van der Waals surface area contributed by atoms with E-state index in [1.807, 2.05) is 0 Å². The third-order valence-electron chi connectivity index (χ3n) is 13.1. The summed E-state index contributed by atoms with van der Waals surface area (Å²) in [6.07, 6.45) is 0. The van der Waals surface area contributed by atoms with Crippen LogP contribution in [0.2, 0.25) is 0 Å². The zero-order chi connectivity index (χ0) is 41.0. The van der Waals surface area contributed by atoms with Crippen LogP contribution in [-0.4, -0.2) is 0 Å². The highest BCUT2D eigenvalue weighted by Crippen LogP contribution is 2.60. The molecular formula is C61H41N. The molecule has 290 valence electrons. The average Bonchev–Trinajstić information content (AvgIpc) is 3.67. The molecule has 0 unspecified atom stereocenters. The molecule has 1 heteroatoms. The van der Waals surface area contributed by atoms with Gasteiger partial charge in [0.1, 0.15) is 0 Å². The molecule has 0 heterocycles. The largest absolute Gasteiger partial charge is 0.310 e. The molecule has 0 fully saturated rings. The smallest absolute Gasteiger partial charge is 0.0719 e. The summed E-state index contributed by atoms with van der Waals surface area (Å²) in [6, 6.07) is 91.6. The molecule has 0 aliphatic heterocycles. The van der Waals surface area contributed by atoms with Crippen LogP contribution in [0.15, 0.2) is 249 Å². The Morgan fingerprint density at radius 1 is 0.290 bits per heavy atom. The predicted molar refractivity (Wildman–Crippen MR) is 262 cm³/mol. The maximum Gasteiger partial charge on any atom is 0.0719 e. The molecule has 0 spiro atoms. The molecule has 62 heavy (non-hydrogen) atoms. The topological polar surface area (TPSA) is 3.24 Å². The lowest BCUT2D eigenvalue weighted by molar-refractivity contribution is 0.776. The van der Waals surface area contributed by atoms with Crippen molar-refractivity contribution in [1.82, 2.24) is 0 Å². The minimum absolute atomic E-state index is 0.524. The number of fused-ring (bicyclic) bond motifs is 9. The van der Waals surface area contributed by atoms with Gasteiger partial charge in [-0.3, -0.25) is 0 Å². The first kappa shape index (κ1) is 35.9. The summed E-state index contributed by atoms with van der Waals surface area (Å²) in [5.41, 5.74) is 15.4. The van der Waals surface area contributed by atoms with Gasteiger partial charge in [0.05, 0.1) is 5.41 Å². The van der Waals surface area contributed by atoms with E-state index >= 15 is 0 Å². The molecule has 0 aromatic heterocycles. The zero-order valence-electron chi connectivity index (χ0n) is 34.1. The van der Waals surface area contributed by atoms with Crippen LogP contribution in [-0.2, 0) is 5.41 Å². The quantitative estimate of drug-likeness (QED) is 0.145. The summed E-state index contributed by atoms with van der Waals surface area (Å²) < 4.78 is 0. The van der Waals surface area contributed by atoms with Gasteiger partial charge in [-0.2, -0.15) is 0 Å². The molecule has 0 saturated heterocycles. The Morgan fingerprint density at radius 2 is 0.790 bits per heavy atom. The van der Waals surface area contributed by atoms with Crippen molar-refractivity contribution in [2.45, 2.75) is 5.41 Å². The third kappa shape index (κ3) is 5.63. The van der Waals surface area contributed by atoms with Crippen molar-refractivity contribution < 1.29 is 0 Å². The number of rotatable bonds is 7. The first-order chi connectivity index (χ1) is 30.8. The van der Waals surface area contributed by atoms with Crippen molar-refractivity contribution in [2.24, 2.45) is 0 Å². The third-order valence-corrected chi connectivity index (χ3v) is 13.1. The first-order valence-electron chi connectivity index (χ1n) is 21.5. The van der Waals surface area contributed by atoms with Crippen LogP contribution in [0.1, 0.15) is 22.3 Å². The Bertz CT molecular complexity index is 3390. The highest BCUT2D eigenvalue weighted by Gasteiger charge is 2.47. The molecule has 11 aromatic rings. The van der Waals surface area contributed by atoms with E-state index in [-0.39, 0.29) is 0 Å². The molecule has 11 aromatic carbocycles. The van der Waals surface area contributed by atoms with Crippen LogP contribution >= 0.6 is 0 Å². The lowest BCUT2D eigenvalue weighted by Crippen LogP contribution is -2.28. The molecule has 0 N–H and O–H groups in total. The van der Waals surface area contributed by atoms with Crippen molar-refractivity contribution in [3.8, 4) is 33.4 Å². The normalized spacial score (nSPS) is 12.6. The van der Waals surface area contributed by atoms with E-state index in [9.17, 15) is 0 Å². The number of benzene rings is 11. The second kappa shape index (κ2) is 14.6. The van der Waals surface area contributed by atoms with Gasteiger partial charge in [-0.1, -0.05) is 206 Å². The van der Waals surface area contributed by atoms with Gasteiger partial charge in [-0.05, 0) is 130 Å². The fourth-order valence-electron chi connectivity index (χ4n) is 10.3. The molecule has 1 nitrogen and oxygen atoms in total. The molecular weight excluding hydrogens is 747 g/mol. The maximum absolute atomic E-state index is 2.43. The number of anilines is 3. The van der Waals surface area contributed by atoms with Gasteiger partial charge in [0.25, 0.3) is 0 Å². The second-order valence-corrected chi connectivity index (χ2v) is 16.4. The van der Waals surface area contributed by atoms with Gasteiger partial charge >= 0.3 is 0 Å². The molecule has 0 saturated carbocycles. The summed E-state index contributed by atoms with van der Waals surface area (Å²) in [5.74, 6) is 0. The van der Waals surface area contributed by atoms with Crippen LogP contribution in [0.4, 0.5) is 17.1 Å². The van der Waals surface area contributed by atoms with E-state index in [0.29, 0.717) is 0 Å². The van der Waals surface area contributed by atoms with Crippen molar-refractivity contribution in [1.29, 1.82) is 0 Å². The SMILES string of the molecule is c1ccc(-c2ccc(N(c3ccc(-c4ccc5ccccc5c4)cc3)c3ccc4c5c(c6ccccc6c4c3)-c3ccccc3C5(c3ccccc3)c3ccccc3)cc2)cc1. The number of hydrogen-bond donors (Lipinski definition) is 0. The van der Waals surface area contributed by atoms with Crippen LogP contribution < -0.4 is 4.90 Å². The Balaban J connectivity index is 1.09. The lowest BCUT2D eigenvalue weighted by Gasteiger charge is -2.35. The molecule has 12 rings (SSSR count). The first-order valence-corrected chi connectivity index (χ1v) is 21.5. The predicted octanol–water partition coefficient (Wildman–Crippen LogP) is 16.3. The average molecular weight is 788 g/mol. The van der Waals surface area contributed by atoms with Gasteiger partial charge in [0, 0.05) is 17.1 Å². The monoisotopic (exact) mass is 787 g/mol. The van der Waals surface area contributed by atoms with Crippen LogP contribution in [0, 0.1) is 0 Å². The molecule has 0 atom stereocenters. The van der Waals surface area contributed by atoms with Gasteiger partial charge in [-0.15, -0.1) is 0 Å². The summed E-state index contributed by atoms with van der Waals surface area (Å²) in [6.45, 7) is 0. The van der Waals surface area contributed by atoms with Gasteiger partial charge in [0.2, 0.25) is 0 Å². The Kier molecular flexibility index (Phi) is 8.47. The number of nitrogens with zero attached hydrogens (tertiary/aromatic N) is 1. The van der Waals surface area contributed by atoms with E-state index in [0.717, 1.165) is 17.1 Å². The highest BCUT2D eigenvalue weighted by atomic mass is 15.1. The fourth-order valence-corrected chi connectivity index (χ4v) is 10.3. The lowest BCUT2D eigenvalue weighted by atomic mass is 9.66. The second-order valence-electron chi connectivity index (χ2n) is 16.4. The molecule has 1 aliphatic rings. The van der Waals surface area contributed by atoms with E-state index in [1.165, 1.54) is 88.0 Å². The van der Waals surface area contributed by atoms with Crippen LogP contribution in [0.25, 0.3) is 65.7 Å². The van der Waals surface area contributed by atoms with Crippen molar-refractivity contribution >= 4 is 49.4 Å². The minimum atomic E-state index is -0.524. The standard InChI is InChI=1S/C61H41N/c1-4-16-42(17-5-1)44-30-34-50(35-31-44)62(51-36-32-45(33-37-51)47-29-28-43-18-10-11-19-46(43)40-47)52-38-39-55-57(41-52)53-24-12-13-25-54(53)59-56-26-14-15-27-58(56)61(60(55)59,48-20-6-2-7-21-48)49-22-8-3-9-23-49/h1-41H. The molecule has 0 amide bonds. The van der Waals surface area contributed by atoms with Gasteiger partial charge < -0.3 is 4.90 Å². The van der Waals surface area contributed by atoms with Crippen molar-refractivity contribution in [3.05, 3.63) is 271 Å². The number of hydrogen-bond acceptors (Lipinski definition) is 1. The van der Waals surface area contributed by atoms with E-state index < -0.39 is 5.41 Å². The van der Waals surface area contributed by atoms with E-state index in [2.05, 4.69) is 254 Å². The van der Waals surface area contributed by atoms with Crippen molar-refractivity contribution in [3.63, 3.8) is 0 Å². The Morgan fingerprint density at radius 3 is 1.47 bits per heavy atom. The Labute approximate surface area is 362 Å². The summed E-state index contributed by atoms with van der Waals surface area (Å²) in [5, 5.41) is 7.52. The fraction of sp³-hybridized carbons (Fsp3) is 0.0164. The highest BCUT2D eigenvalue weighted by molar-refractivity contribution is 6.20. The molecule has 1 aliphatic carbocycles. The van der Waals surface area contributed by atoms with Gasteiger partial charge in [-0.25, -0.2) is 0 Å². The van der Waals surface area contributed by atoms with Gasteiger partial charge in [0.15, 0.2) is 0 Å². The summed E-state index contributed by atoms with van der Waals surface area (Å²) >= 11 is 0. The van der Waals surface area contributed by atoms with Crippen molar-refractivity contribution in [2.75, 3.05) is 4.90 Å². The zero-order valence-corrected chi connectivity index (χ0v) is 34.1. The summed E-state index contributed by atoms with van der Waals surface area (Å²) in [7, 11) is 0. The molecule has 0 bridgehead atoms. The van der Waals surface area contributed by atoms with E-state index in [1.54, 1.807) is 0 Å². The van der Waals surface area contributed by atoms with Crippen LogP contribution in [0.5, 0.6) is 0 Å². The minimum Gasteiger partial charge on any atom is -0.310 e.